The van der Waals surface area contributed by atoms with Crippen LogP contribution in [0.4, 0.5) is 0 Å². The molecule has 1 aromatic carbocycles. The Labute approximate surface area is 188 Å². The van der Waals surface area contributed by atoms with Gasteiger partial charge in [-0.15, -0.1) is 0 Å². The quantitative estimate of drug-likeness (QED) is 0.0914. The van der Waals surface area contributed by atoms with Gasteiger partial charge in [0.05, 0.1) is 0 Å². The molecule has 31 heavy (non-hydrogen) atoms. The van der Waals surface area contributed by atoms with Gasteiger partial charge >= 0.3 is 5.97 Å². The number of rotatable bonds is 18. The van der Waals surface area contributed by atoms with Gasteiger partial charge in [0.1, 0.15) is 5.75 Å². The summed E-state index contributed by atoms with van der Waals surface area (Å²) < 4.78 is 11.2. The van der Waals surface area contributed by atoms with E-state index in [1.165, 1.54) is 44.9 Å². The average molecular weight is 432 g/mol. The van der Waals surface area contributed by atoms with E-state index in [2.05, 4.69) is 13.5 Å². The molecule has 174 valence electrons. The van der Waals surface area contributed by atoms with Crippen LogP contribution in [0, 0.1) is 0 Å². The normalized spacial score (nSPS) is 11.9. The predicted octanol–water partition coefficient (Wildman–Crippen LogP) is 6.18. The van der Waals surface area contributed by atoms with Crippen LogP contribution in [-0.2, 0) is 9.53 Å². The highest BCUT2D eigenvalue weighted by Crippen LogP contribution is 2.19. The Balaban J connectivity index is 2.45. The lowest BCUT2D eigenvalue weighted by Gasteiger charge is -2.19. The maximum atomic E-state index is 12.2. The zero-order valence-corrected chi connectivity index (χ0v) is 19.7. The summed E-state index contributed by atoms with van der Waals surface area (Å²) in [5.74, 6) is 0.197. The van der Waals surface area contributed by atoms with Crippen molar-refractivity contribution in [2.45, 2.75) is 83.8 Å². The first-order chi connectivity index (χ1) is 15.0. The smallest absolute Gasteiger partial charge is 0.333 e. The van der Waals surface area contributed by atoms with Gasteiger partial charge in [-0.05, 0) is 44.8 Å². The van der Waals surface area contributed by atoms with E-state index in [9.17, 15) is 9.59 Å². The number of carbonyl (C=O) groups excluding carboxylic acids is 2. The Bertz CT molecular complexity index is 639. The highest BCUT2D eigenvalue weighted by Gasteiger charge is 2.15. The van der Waals surface area contributed by atoms with Crippen LogP contribution in [0.1, 0.15) is 87.9 Å². The molecule has 1 unspecified atom stereocenters. The third-order valence-electron chi connectivity index (χ3n) is 5.19. The van der Waals surface area contributed by atoms with Crippen LogP contribution in [0.5, 0.6) is 5.75 Å². The Kier molecular flexibility index (Phi) is 14.3. The second-order valence-corrected chi connectivity index (χ2v) is 8.31. The summed E-state index contributed by atoms with van der Waals surface area (Å²) in [7, 11) is 3.89. The highest BCUT2D eigenvalue weighted by atomic mass is 16.7. The van der Waals surface area contributed by atoms with Crippen LogP contribution in [0.15, 0.2) is 36.9 Å². The Morgan fingerprint density at radius 3 is 2.10 bits per heavy atom. The number of hydrogen-bond donors (Lipinski definition) is 0. The molecular weight excluding hydrogens is 390 g/mol. The van der Waals surface area contributed by atoms with Crippen molar-refractivity contribution in [3.8, 4) is 5.75 Å². The first kappa shape index (κ1) is 26.9. The second-order valence-electron chi connectivity index (χ2n) is 8.31. The summed E-state index contributed by atoms with van der Waals surface area (Å²) in [6, 6.07) is 7.04. The van der Waals surface area contributed by atoms with Crippen LogP contribution in [0.2, 0.25) is 0 Å². The summed E-state index contributed by atoms with van der Waals surface area (Å²) in [6.45, 7) is 6.41. The van der Waals surface area contributed by atoms with Crippen molar-refractivity contribution in [3.05, 3.63) is 42.5 Å². The zero-order chi connectivity index (χ0) is 22.9. The van der Waals surface area contributed by atoms with Gasteiger partial charge in [-0.1, -0.05) is 64.9 Å². The summed E-state index contributed by atoms with van der Waals surface area (Å²) in [5, 5.41) is 0. The standard InChI is InChI=1S/C26H41NO4/c1-5-7-8-9-10-11-12-13-14-15-26(31-25(29)6-2)30-23-18-16-22(17-19-23)24(28)20-21-27(3)4/h6,16-19,26H,2,5,7-15,20-21H2,1,3-4H3. The number of hydrogen-bond acceptors (Lipinski definition) is 5. The predicted molar refractivity (Wildman–Crippen MR) is 126 cm³/mol. The average Bonchev–Trinajstić information content (AvgIpc) is 2.76. The number of benzene rings is 1. The number of Topliss-reactive ketones (excluding diaryl/α,β-unsaturated/α-hetero) is 1. The molecule has 5 heteroatoms. The molecule has 0 aromatic heterocycles. The number of ketones is 1. The molecule has 0 saturated heterocycles. The molecule has 1 aromatic rings. The fourth-order valence-electron chi connectivity index (χ4n) is 3.28. The maximum absolute atomic E-state index is 12.2. The van der Waals surface area contributed by atoms with E-state index in [4.69, 9.17) is 9.47 Å². The Morgan fingerprint density at radius 1 is 0.968 bits per heavy atom. The molecule has 0 aliphatic carbocycles. The number of esters is 1. The molecule has 0 spiro atoms. The lowest BCUT2D eigenvalue weighted by molar-refractivity contribution is -0.158. The largest absolute Gasteiger partial charge is 0.455 e. The second kappa shape index (κ2) is 16.5. The highest BCUT2D eigenvalue weighted by molar-refractivity contribution is 5.96. The van der Waals surface area contributed by atoms with Gasteiger partial charge in [0.25, 0.3) is 0 Å². The van der Waals surface area contributed by atoms with Crippen molar-refractivity contribution in [2.24, 2.45) is 0 Å². The van der Waals surface area contributed by atoms with E-state index < -0.39 is 12.3 Å². The van der Waals surface area contributed by atoms with Gasteiger partial charge in [-0.2, -0.15) is 0 Å². The molecular formula is C26H41NO4. The molecule has 1 atom stereocenters. The minimum Gasteiger partial charge on any atom is -0.455 e. The van der Waals surface area contributed by atoms with E-state index in [0.717, 1.165) is 25.5 Å². The number of unbranched alkanes of at least 4 members (excludes halogenated alkanes) is 8. The van der Waals surface area contributed by atoms with Gasteiger partial charge in [0, 0.05) is 31.0 Å². The number of ether oxygens (including phenoxy) is 2. The van der Waals surface area contributed by atoms with Crippen LogP contribution < -0.4 is 4.74 Å². The Hall–Kier alpha value is -2.14. The van der Waals surface area contributed by atoms with Crippen molar-refractivity contribution in [1.29, 1.82) is 0 Å². The fraction of sp³-hybridized carbons (Fsp3) is 0.615. The lowest BCUT2D eigenvalue weighted by Crippen LogP contribution is -2.23. The van der Waals surface area contributed by atoms with Crippen molar-refractivity contribution >= 4 is 11.8 Å². The first-order valence-corrected chi connectivity index (χ1v) is 11.7. The summed E-state index contributed by atoms with van der Waals surface area (Å²) >= 11 is 0. The first-order valence-electron chi connectivity index (χ1n) is 11.7. The van der Waals surface area contributed by atoms with Gasteiger partial charge in [0.2, 0.25) is 6.29 Å². The molecule has 0 heterocycles. The Morgan fingerprint density at radius 2 is 1.55 bits per heavy atom. The monoisotopic (exact) mass is 431 g/mol. The number of carbonyl (C=O) groups is 2. The third kappa shape index (κ3) is 13.0. The van der Waals surface area contributed by atoms with Crippen molar-refractivity contribution in [3.63, 3.8) is 0 Å². The topological polar surface area (TPSA) is 55.8 Å². The van der Waals surface area contributed by atoms with Crippen molar-refractivity contribution < 1.29 is 19.1 Å². The molecule has 0 saturated carbocycles. The van der Waals surface area contributed by atoms with Crippen LogP contribution in [0.25, 0.3) is 0 Å². The van der Waals surface area contributed by atoms with Gasteiger partial charge in [0.15, 0.2) is 5.78 Å². The molecule has 0 amide bonds. The van der Waals surface area contributed by atoms with Crippen LogP contribution in [-0.4, -0.2) is 43.6 Å². The zero-order valence-electron chi connectivity index (χ0n) is 19.7. The van der Waals surface area contributed by atoms with Gasteiger partial charge < -0.3 is 14.4 Å². The maximum Gasteiger partial charge on any atom is 0.333 e. The fourth-order valence-corrected chi connectivity index (χ4v) is 3.28. The number of nitrogens with zero attached hydrogens (tertiary/aromatic N) is 1. The summed E-state index contributed by atoms with van der Waals surface area (Å²) in [5.41, 5.74) is 0.660. The van der Waals surface area contributed by atoms with Gasteiger partial charge in [-0.3, -0.25) is 4.79 Å². The molecule has 0 radical (unpaired) electrons. The molecule has 0 fully saturated rings. The molecule has 0 bridgehead atoms. The molecule has 0 N–H and O–H groups in total. The molecule has 0 aliphatic rings. The van der Waals surface area contributed by atoms with E-state index >= 15 is 0 Å². The molecule has 1 rings (SSSR count). The van der Waals surface area contributed by atoms with E-state index in [1.807, 2.05) is 19.0 Å². The van der Waals surface area contributed by atoms with Crippen LogP contribution >= 0.6 is 0 Å². The van der Waals surface area contributed by atoms with Gasteiger partial charge in [-0.25, -0.2) is 4.79 Å². The molecule has 5 nitrogen and oxygen atoms in total. The van der Waals surface area contributed by atoms with E-state index in [-0.39, 0.29) is 5.78 Å². The lowest BCUT2D eigenvalue weighted by atomic mass is 10.1. The van der Waals surface area contributed by atoms with Crippen LogP contribution in [0.3, 0.4) is 0 Å². The van der Waals surface area contributed by atoms with E-state index in [0.29, 0.717) is 24.2 Å². The SMILES string of the molecule is C=CC(=O)OC(CCCCCCCCCCC)Oc1ccc(C(=O)CCN(C)C)cc1. The summed E-state index contributed by atoms with van der Waals surface area (Å²) in [6.07, 6.45) is 12.7. The minimum absolute atomic E-state index is 0.101. The van der Waals surface area contributed by atoms with Crippen molar-refractivity contribution in [1.82, 2.24) is 4.90 Å². The molecule has 0 aliphatic heterocycles. The van der Waals surface area contributed by atoms with E-state index in [1.54, 1.807) is 24.3 Å². The summed E-state index contributed by atoms with van der Waals surface area (Å²) in [4.78, 5) is 25.9. The van der Waals surface area contributed by atoms with Crippen molar-refractivity contribution in [2.75, 3.05) is 20.6 Å². The minimum atomic E-state index is -0.648. The third-order valence-corrected chi connectivity index (χ3v) is 5.19.